The molecule has 0 aliphatic heterocycles. The smallest absolute Gasteiger partial charge is 0.309 e. The van der Waals surface area contributed by atoms with Gasteiger partial charge in [0.25, 0.3) is 0 Å². The van der Waals surface area contributed by atoms with Crippen molar-refractivity contribution in [1.29, 1.82) is 0 Å². The summed E-state index contributed by atoms with van der Waals surface area (Å²) < 4.78 is 16.5. The number of esters is 3. The topological polar surface area (TPSA) is 78.9 Å². The van der Waals surface area contributed by atoms with Gasteiger partial charge in [-0.1, -0.05) is 164 Å². The molecule has 0 aromatic rings. The third-order valence-electron chi connectivity index (χ3n) is 8.73. The number of carbonyl (C=O) groups excluding carboxylic acids is 3. The number of carbonyl (C=O) groups is 3. The molecular weight excluding hydrogens is 661 g/mol. The van der Waals surface area contributed by atoms with E-state index in [1.165, 1.54) is 57.8 Å². The fourth-order valence-corrected chi connectivity index (χ4v) is 5.47. The maximum Gasteiger partial charge on any atom is 0.309 e. The summed E-state index contributed by atoms with van der Waals surface area (Å²) in [5.74, 6) is -1.10. The molecule has 0 bridgehead atoms. The van der Waals surface area contributed by atoms with Gasteiger partial charge >= 0.3 is 17.9 Å². The van der Waals surface area contributed by atoms with Gasteiger partial charge in [-0.15, -0.1) is 0 Å². The Kier molecular flexibility index (Phi) is 39.1. The highest BCUT2D eigenvalue weighted by molar-refractivity contribution is 5.72. The lowest BCUT2D eigenvalue weighted by atomic mass is 10.1. The minimum absolute atomic E-state index is 0.122. The highest BCUT2D eigenvalue weighted by Crippen LogP contribution is 2.11. The van der Waals surface area contributed by atoms with Crippen molar-refractivity contribution >= 4 is 17.9 Å². The SMILES string of the molecule is CC/C=C\C/C=C\C/C=C\CC(=O)OCC(COC(=O)CCCCC/C=C\C=C/CCCCCCCCC)OC(=O)CCCCCC/C=C\CCCC. The Morgan fingerprint density at radius 2 is 0.887 bits per heavy atom. The van der Waals surface area contributed by atoms with Crippen LogP contribution in [0.3, 0.4) is 0 Å². The van der Waals surface area contributed by atoms with Gasteiger partial charge in [-0.2, -0.15) is 0 Å². The van der Waals surface area contributed by atoms with Gasteiger partial charge < -0.3 is 14.2 Å². The van der Waals surface area contributed by atoms with Gasteiger partial charge in [0.15, 0.2) is 6.10 Å². The zero-order valence-electron chi connectivity index (χ0n) is 34.3. The van der Waals surface area contributed by atoms with E-state index >= 15 is 0 Å². The molecule has 0 aromatic heterocycles. The van der Waals surface area contributed by atoms with Gasteiger partial charge in [0.1, 0.15) is 13.2 Å². The van der Waals surface area contributed by atoms with Crippen LogP contribution in [0.5, 0.6) is 0 Å². The average Bonchev–Trinajstić information content (AvgIpc) is 3.15. The van der Waals surface area contributed by atoms with E-state index in [0.29, 0.717) is 12.8 Å². The molecule has 0 N–H and O–H groups in total. The van der Waals surface area contributed by atoms with Gasteiger partial charge in [0.2, 0.25) is 0 Å². The van der Waals surface area contributed by atoms with Crippen LogP contribution in [0.1, 0.15) is 188 Å². The fourth-order valence-electron chi connectivity index (χ4n) is 5.47. The third kappa shape index (κ3) is 39.9. The maximum absolute atomic E-state index is 12.6. The third-order valence-corrected chi connectivity index (χ3v) is 8.73. The molecule has 6 nitrogen and oxygen atoms in total. The maximum atomic E-state index is 12.6. The summed E-state index contributed by atoms with van der Waals surface area (Å²) in [4.78, 5) is 37.5. The summed E-state index contributed by atoms with van der Waals surface area (Å²) in [5, 5.41) is 0. The zero-order chi connectivity index (χ0) is 38.7. The first-order valence-corrected chi connectivity index (χ1v) is 21.5. The highest BCUT2D eigenvalue weighted by Gasteiger charge is 2.19. The Hall–Kier alpha value is -3.15. The predicted molar refractivity (Wildman–Crippen MR) is 224 cm³/mol. The second-order valence-electron chi connectivity index (χ2n) is 13.9. The van der Waals surface area contributed by atoms with Crippen molar-refractivity contribution in [3.8, 4) is 0 Å². The van der Waals surface area contributed by atoms with Gasteiger partial charge in [0, 0.05) is 12.8 Å². The second kappa shape index (κ2) is 41.6. The van der Waals surface area contributed by atoms with E-state index in [1.54, 1.807) is 6.08 Å². The largest absolute Gasteiger partial charge is 0.462 e. The first-order chi connectivity index (χ1) is 26.0. The van der Waals surface area contributed by atoms with Crippen LogP contribution in [0.4, 0.5) is 0 Å². The molecule has 0 rings (SSSR count). The van der Waals surface area contributed by atoms with E-state index < -0.39 is 12.1 Å². The van der Waals surface area contributed by atoms with Gasteiger partial charge in [0.05, 0.1) is 6.42 Å². The second-order valence-corrected chi connectivity index (χ2v) is 13.9. The molecular formula is C47H78O6. The van der Waals surface area contributed by atoms with E-state index in [1.807, 2.05) is 6.08 Å². The molecule has 0 amide bonds. The Morgan fingerprint density at radius 1 is 0.434 bits per heavy atom. The lowest BCUT2D eigenvalue weighted by Gasteiger charge is -2.18. The predicted octanol–water partition coefficient (Wildman–Crippen LogP) is 13.5. The minimum Gasteiger partial charge on any atom is -0.462 e. The van der Waals surface area contributed by atoms with Crippen LogP contribution < -0.4 is 0 Å². The molecule has 53 heavy (non-hydrogen) atoms. The van der Waals surface area contributed by atoms with Crippen LogP contribution in [-0.4, -0.2) is 37.2 Å². The van der Waals surface area contributed by atoms with Crippen molar-refractivity contribution < 1.29 is 28.6 Å². The van der Waals surface area contributed by atoms with Crippen LogP contribution in [0.25, 0.3) is 0 Å². The summed E-state index contributed by atoms with van der Waals surface area (Å²) in [5.41, 5.74) is 0. The van der Waals surface area contributed by atoms with E-state index in [9.17, 15) is 14.4 Å². The first kappa shape index (κ1) is 49.9. The van der Waals surface area contributed by atoms with E-state index in [2.05, 4.69) is 81.5 Å². The Bertz CT molecular complexity index is 1030. The molecule has 6 heteroatoms. The standard InChI is InChI=1S/C47H78O6/c1-4-7-10-13-16-19-21-22-23-24-25-26-29-31-34-37-40-46(49)52-43-44(42-51-45(48)39-36-33-30-27-18-15-12-9-6-3)53-47(50)41-38-35-32-28-20-17-14-11-8-5-2/h9,12,14,17-18,23-27,33,36,44H,4-8,10-11,13,15-16,19-22,28-32,34-35,37-43H2,1-3H3/b12-9-,17-14-,24-23-,26-25-,27-18-,36-33-. The molecule has 0 saturated carbocycles. The van der Waals surface area contributed by atoms with Crippen LogP contribution in [0.15, 0.2) is 72.9 Å². The van der Waals surface area contributed by atoms with E-state index in [0.717, 1.165) is 89.9 Å². The van der Waals surface area contributed by atoms with Crippen molar-refractivity contribution in [2.45, 2.75) is 194 Å². The molecule has 1 atom stereocenters. The minimum atomic E-state index is -0.823. The number of allylic oxidation sites excluding steroid dienone is 11. The fraction of sp³-hybridized carbons (Fsp3) is 0.681. The highest BCUT2D eigenvalue weighted by atomic mass is 16.6. The van der Waals surface area contributed by atoms with E-state index in [-0.39, 0.29) is 31.6 Å². The van der Waals surface area contributed by atoms with Crippen LogP contribution in [-0.2, 0) is 28.6 Å². The van der Waals surface area contributed by atoms with Crippen molar-refractivity contribution in [1.82, 2.24) is 0 Å². The van der Waals surface area contributed by atoms with Gasteiger partial charge in [-0.25, -0.2) is 0 Å². The first-order valence-electron chi connectivity index (χ1n) is 21.5. The monoisotopic (exact) mass is 739 g/mol. The number of hydrogen-bond acceptors (Lipinski definition) is 6. The molecule has 0 aliphatic rings. The molecule has 1 unspecified atom stereocenters. The lowest BCUT2D eigenvalue weighted by Crippen LogP contribution is -2.30. The zero-order valence-corrected chi connectivity index (χ0v) is 34.3. The summed E-state index contributed by atoms with van der Waals surface area (Å²) in [6.07, 6.45) is 50.7. The molecule has 0 spiro atoms. The molecule has 0 radical (unpaired) electrons. The van der Waals surface area contributed by atoms with Crippen LogP contribution in [0.2, 0.25) is 0 Å². The van der Waals surface area contributed by atoms with Crippen molar-refractivity contribution in [2.75, 3.05) is 13.2 Å². The van der Waals surface area contributed by atoms with Crippen molar-refractivity contribution in [3.63, 3.8) is 0 Å². The summed E-state index contributed by atoms with van der Waals surface area (Å²) in [6, 6.07) is 0. The molecule has 0 heterocycles. The quantitative estimate of drug-likeness (QED) is 0.0208. The van der Waals surface area contributed by atoms with Crippen LogP contribution >= 0.6 is 0 Å². The number of unbranched alkanes of at least 4 members (excludes halogenated alkanes) is 16. The molecule has 0 saturated heterocycles. The lowest BCUT2D eigenvalue weighted by molar-refractivity contribution is -0.166. The number of hydrogen-bond donors (Lipinski definition) is 0. The van der Waals surface area contributed by atoms with Crippen LogP contribution in [0, 0.1) is 0 Å². The van der Waals surface area contributed by atoms with Crippen molar-refractivity contribution in [2.24, 2.45) is 0 Å². The Morgan fingerprint density at radius 3 is 1.49 bits per heavy atom. The molecule has 0 aromatic carbocycles. The average molecular weight is 739 g/mol. The number of ether oxygens (including phenoxy) is 3. The van der Waals surface area contributed by atoms with Crippen molar-refractivity contribution in [3.05, 3.63) is 72.9 Å². The molecule has 302 valence electrons. The Labute approximate surface area is 325 Å². The summed E-state index contributed by atoms with van der Waals surface area (Å²) in [7, 11) is 0. The Balaban J connectivity index is 4.47. The molecule has 0 aliphatic carbocycles. The summed E-state index contributed by atoms with van der Waals surface area (Å²) >= 11 is 0. The molecule has 0 fully saturated rings. The normalized spacial score (nSPS) is 12.7. The summed E-state index contributed by atoms with van der Waals surface area (Å²) in [6.45, 7) is 6.31. The van der Waals surface area contributed by atoms with Gasteiger partial charge in [-0.3, -0.25) is 14.4 Å². The van der Waals surface area contributed by atoms with Gasteiger partial charge in [-0.05, 0) is 77.0 Å². The number of rotatable bonds is 37. The van der Waals surface area contributed by atoms with E-state index in [4.69, 9.17) is 14.2 Å².